The molecule has 1 heteroatoms. The Morgan fingerprint density at radius 1 is 0.586 bits per heavy atom. The summed E-state index contributed by atoms with van der Waals surface area (Å²) < 4.78 is 0. The molecule has 0 amide bonds. The lowest BCUT2D eigenvalue weighted by atomic mass is 10.0. The number of aryl methyl sites for hydroxylation is 2. The van der Waals surface area contributed by atoms with Crippen molar-refractivity contribution in [1.82, 2.24) is 0 Å². The molecule has 0 N–H and O–H groups in total. The van der Waals surface area contributed by atoms with Crippen LogP contribution in [0, 0.1) is 6.92 Å². The van der Waals surface area contributed by atoms with Gasteiger partial charge >= 0.3 is 0 Å². The van der Waals surface area contributed by atoms with Gasteiger partial charge in [0, 0.05) is 18.4 Å². The molecule has 0 heterocycles. The largest absolute Gasteiger partial charge is 0.345 e. The number of hydrogen-bond acceptors (Lipinski definition) is 1. The van der Waals surface area contributed by atoms with Gasteiger partial charge in [-0.1, -0.05) is 85.3 Å². The van der Waals surface area contributed by atoms with Gasteiger partial charge in [-0.3, -0.25) is 0 Å². The summed E-state index contributed by atoms with van der Waals surface area (Å²) in [7, 11) is 2.13. The van der Waals surface area contributed by atoms with Crippen LogP contribution < -0.4 is 4.90 Å². The van der Waals surface area contributed by atoms with Gasteiger partial charge in [0.1, 0.15) is 0 Å². The highest BCUT2D eigenvalue weighted by Crippen LogP contribution is 2.30. The number of benzene rings is 4. The molecule has 4 aromatic rings. The molecule has 0 spiro atoms. The second kappa shape index (κ2) is 8.36. The van der Waals surface area contributed by atoms with Crippen molar-refractivity contribution in [3.8, 4) is 22.3 Å². The third kappa shape index (κ3) is 4.25. The zero-order chi connectivity index (χ0) is 20.2. The van der Waals surface area contributed by atoms with Gasteiger partial charge in [-0.25, -0.2) is 0 Å². The van der Waals surface area contributed by atoms with Gasteiger partial charge in [0.15, 0.2) is 0 Å². The van der Waals surface area contributed by atoms with Crippen LogP contribution >= 0.6 is 0 Å². The van der Waals surface area contributed by atoms with E-state index < -0.39 is 0 Å². The Morgan fingerprint density at radius 3 is 1.83 bits per heavy atom. The van der Waals surface area contributed by atoms with E-state index in [1.807, 2.05) is 0 Å². The monoisotopic (exact) mass is 377 g/mol. The van der Waals surface area contributed by atoms with Crippen molar-refractivity contribution in [1.29, 1.82) is 0 Å². The molecule has 144 valence electrons. The average Bonchev–Trinajstić information content (AvgIpc) is 2.79. The molecular formula is C28H27N. The first kappa shape index (κ1) is 19.0. The lowest BCUT2D eigenvalue weighted by Crippen LogP contribution is -2.09. The molecule has 0 bridgehead atoms. The van der Waals surface area contributed by atoms with Crippen LogP contribution in [0.15, 0.2) is 97.1 Å². The topological polar surface area (TPSA) is 3.24 Å². The van der Waals surface area contributed by atoms with Crippen molar-refractivity contribution in [2.45, 2.75) is 20.3 Å². The third-order valence-corrected chi connectivity index (χ3v) is 5.54. The van der Waals surface area contributed by atoms with Gasteiger partial charge in [0.05, 0.1) is 0 Å². The van der Waals surface area contributed by atoms with E-state index in [4.69, 9.17) is 0 Å². The summed E-state index contributed by atoms with van der Waals surface area (Å²) in [6.45, 7) is 4.32. The SMILES string of the molecule is CCc1cccc(-c2cccc(N(C)c3ccc(-c4ccc(C)cc4)cc3)c2)c1. The maximum Gasteiger partial charge on any atom is 0.0414 e. The minimum absolute atomic E-state index is 1.06. The Hall–Kier alpha value is -3.32. The van der Waals surface area contributed by atoms with Crippen LogP contribution in [0.1, 0.15) is 18.1 Å². The molecule has 0 atom stereocenters. The van der Waals surface area contributed by atoms with Crippen LogP contribution in [0.25, 0.3) is 22.3 Å². The normalized spacial score (nSPS) is 10.7. The van der Waals surface area contributed by atoms with Crippen LogP contribution in [0.3, 0.4) is 0 Å². The van der Waals surface area contributed by atoms with Crippen LogP contribution in [0.5, 0.6) is 0 Å². The molecule has 1 nitrogen and oxygen atoms in total. The van der Waals surface area contributed by atoms with Gasteiger partial charge in [0.2, 0.25) is 0 Å². The zero-order valence-corrected chi connectivity index (χ0v) is 17.4. The van der Waals surface area contributed by atoms with E-state index in [0.29, 0.717) is 0 Å². The summed E-state index contributed by atoms with van der Waals surface area (Å²) in [6.07, 6.45) is 1.06. The minimum Gasteiger partial charge on any atom is -0.345 e. The number of hydrogen-bond donors (Lipinski definition) is 0. The Labute approximate surface area is 174 Å². The first-order valence-corrected chi connectivity index (χ1v) is 10.2. The van der Waals surface area contributed by atoms with Crippen LogP contribution in [0.4, 0.5) is 11.4 Å². The van der Waals surface area contributed by atoms with Crippen LogP contribution in [-0.4, -0.2) is 7.05 Å². The highest BCUT2D eigenvalue weighted by molar-refractivity contribution is 5.74. The minimum atomic E-state index is 1.06. The van der Waals surface area contributed by atoms with Crippen molar-refractivity contribution in [2.75, 3.05) is 11.9 Å². The van der Waals surface area contributed by atoms with Crippen molar-refractivity contribution in [3.63, 3.8) is 0 Å². The van der Waals surface area contributed by atoms with Crippen molar-refractivity contribution >= 4 is 11.4 Å². The van der Waals surface area contributed by atoms with Crippen LogP contribution in [-0.2, 0) is 6.42 Å². The molecule has 4 rings (SSSR count). The molecule has 0 aliphatic rings. The van der Waals surface area contributed by atoms with E-state index >= 15 is 0 Å². The molecule has 0 radical (unpaired) electrons. The third-order valence-electron chi connectivity index (χ3n) is 5.54. The fourth-order valence-corrected chi connectivity index (χ4v) is 3.64. The number of anilines is 2. The summed E-state index contributed by atoms with van der Waals surface area (Å²) in [5, 5.41) is 0. The quantitative estimate of drug-likeness (QED) is 0.345. The van der Waals surface area contributed by atoms with Gasteiger partial charge in [-0.15, -0.1) is 0 Å². The lowest BCUT2D eigenvalue weighted by molar-refractivity contribution is 1.14. The van der Waals surface area contributed by atoms with Gasteiger partial charge < -0.3 is 4.90 Å². The van der Waals surface area contributed by atoms with Gasteiger partial charge in [-0.2, -0.15) is 0 Å². The predicted octanol–water partition coefficient (Wildman–Crippen LogP) is 7.66. The maximum atomic E-state index is 2.29. The standard InChI is InChI=1S/C28H27N/c1-4-22-7-5-8-25(19-22)26-9-6-10-28(20-26)29(3)27-17-15-24(16-18-27)23-13-11-21(2)12-14-23/h5-20H,4H2,1-3H3. The molecule has 0 aliphatic carbocycles. The summed E-state index contributed by atoms with van der Waals surface area (Å²) >= 11 is 0. The first-order valence-electron chi connectivity index (χ1n) is 10.2. The maximum absolute atomic E-state index is 2.29. The summed E-state index contributed by atoms with van der Waals surface area (Å²) in [6, 6.07) is 35.0. The fraction of sp³-hybridized carbons (Fsp3) is 0.143. The molecular weight excluding hydrogens is 350 g/mol. The Bertz CT molecular complexity index is 1090. The van der Waals surface area contributed by atoms with E-state index in [1.165, 1.54) is 44.8 Å². The van der Waals surface area contributed by atoms with Crippen molar-refractivity contribution in [3.05, 3.63) is 108 Å². The predicted molar refractivity (Wildman–Crippen MR) is 126 cm³/mol. The average molecular weight is 378 g/mol. The lowest BCUT2D eigenvalue weighted by Gasteiger charge is -2.21. The Morgan fingerprint density at radius 2 is 1.17 bits per heavy atom. The molecule has 0 unspecified atom stereocenters. The highest BCUT2D eigenvalue weighted by atomic mass is 15.1. The second-order valence-electron chi connectivity index (χ2n) is 7.58. The first-order chi connectivity index (χ1) is 14.1. The highest BCUT2D eigenvalue weighted by Gasteiger charge is 2.07. The molecule has 0 aliphatic heterocycles. The smallest absolute Gasteiger partial charge is 0.0414 e. The van der Waals surface area contributed by atoms with Crippen LogP contribution in [0.2, 0.25) is 0 Å². The van der Waals surface area contributed by atoms with Gasteiger partial charge in [-0.05, 0) is 65.4 Å². The number of nitrogens with zero attached hydrogens (tertiary/aromatic N) is 1. The number of rotatable bonds is 5. The van der Waals surface area contributed by atoms with E-state index in [0.717, 1.165) is 6.42 Å². The van der Waals surface area contributed by atoms with Crippen molar-refractivity contribution in [2.24, 2.45) is 0 Å². The summed E-state index contributed by atoms with van der Waals surface area (Å²) in [5.41, 5.74) is 10.0. The summed E-state index contributed by atoms with van der Waals surface area (Å²) in [4.78, 5) is 2.24. The van der Waals surface area contributed by atoms with E-state index in [-0.39, 0.29) is 0 Å². The van der Waals surface area contributed by atoms with Crippen molar-refractivity contribution < 1.29 is 0 Å². The molecule has 0 aromatic heterocycles. The van der Waals surface area contributed by atoms with E-state index in [2.05, 4.69) is 123 Å². The van der Waals surface area contributed by atoms with E-state index in [1.54, 1.807) is 0 Å². The van der Waals surface area contributed by atoms with E-state index in [9.17, 15) is 0 Å². The fourth-order valence-electron chi connectivity index (χ4n) is 3.64. The molecule has 29 heavy (non-hydrogen) atoms. The van der Waals surface area contributed by atoms with Gasteiger partial charge in [0.25, 0.3) is 0 Å². The molecule has 4 aromatic carbocycles. The molecule has 0 saturated carbocycles. The molecule has 0 saturated heterocycles. The molecule has 0 fully saturated rings. The zero-order valence-electron chi connectivity index (χ0n) is 17.4. The summed E-state index contributed by atoms with van der Waals surface area (Å²) in [5.74, 6) is 0. The Balaban J connectivity index is 1.59. The Kier molecular flexibility index (Phi) is 5.48. The second-order valence-corrected chi connectivity index (χ2v) is 7.58.